The minimum atomic E-state index is -3.60. The fourth-order valence-electron chi connectivity index (χ4n) is 1.53. The number of furan rings is 1. The first kappa shape index (κ1) is 18.7. The summed E-state index contributed by atoms with van der Waals surface area (Å²) in [5, 5.41) is 3.18. The predicted molar refractivity (Wildman–Crippen MR) is 87.6 cm³/mol. The first-order valence-corrected chi connectivity index (χ1v) is 9.36. The molecule has 0 aliphatic heterocycles. The summed E-state index contributed by atoms with van der Waals surface area (Å²) in [7, 11) is -3.60. The third-order valence-electron chi connectivity index (χ3n) is 3.35. The number of nitrogens with one attached hydrogen (secondary N) is 2. The van der Waals surface area contributed by atoms with Crippen LogP contribution in [-0.4, -0.2) is 21.0 Å². The average Bonchev–Trinajstić information content (AvgIpc) is 2.70. The second kappa shape index (κ2) is 7.26. The van der Waals surface area contributed by atoms with Gasteiger partial charge in [0.25, 0.3) is 0 Å². The molecule has 1 atom stereocenters. The number of hydrogen-bond acceptors (Lipinski definition) is 4. The van der Waals surface area contributed by atoms with E-state index in [1.807, 2.05) is 27.7 Å². The van der Waals surface area contributed by atoms with Gasteiger partial charge in [0, 0.05) is 12.1 Å². The molecule has 0 aliphatic carbocycles. The molecule has 1 unspecified atom stereocenters. The van der Waals surface area contributed by atoms with Crippen molar-refractivity contribution in [2.45, 2.75) is 58.5 Å². The van der Waals surface area contributed by atoms with Gasteiger partial charge in [-0.05, 0) is 41.2 Å². The van der Waals surface area contributed by atoms with E-state index < -0.39 is 10.0 Å². The molecular weight excluding hydrogens is 356 g/mol. The fourth-order valence-corrected chi connectivity index (χ4v) is 3.98. The molecule has 2 N–H and O–H groups in total. The minimum absolute atomic E-state index is 0.145. The third kappa shape index (κ3) is 5.39. The highest BCUT2D eigenvalue weighted by Gasteiger charge is 2.29. The van der Waals surface area contributed by atoms with Crippen molar-refractivity contribution in [2.24, 2.45) is 5.41 Å². The lowest BCUT2D eigenvalue weighted by Gasteiger charge is -2.27. The molecule has 0 radical (unpaired) electrons. The van der Waals surface area contributed by atoms with Crippen molar-refractivity contribution < 1.29 is 12.8 Å². The zero-order valence-corrected chi connectivity index (χ0v) is 15.7. The van der Waals surface area contributed by atoms with Crippen molar-refractivity contribution in [1.82, 2.24) is 10.0 Å². The lowest BCUT2D eigenvalue weighted by atomic mass is 9.89. The van der Waals surface area contributed by atoms with E-state index in [4.69, 9.17) is 4.42 Å². The number of sulfonamides is 1. The van der Waals surface area contributed by atoms with Crippen LogP contribution in [0.1, 0.15) is 46.8 Å². The van der Waals surface area contributed by atoms with Crippen molar-refractivity contribution in [2.75, 3.05) is 6.54 Å². The molecule has 1 rings (SSSR count). The predicted octanol–water partition coefficient (Wildman–Crippen LogP) is 3.25. The lowest BCUT2D eigenvalue weighted by molar-refractivity contribution is 0.317. The molecule has 21 heavy (non-hydrogen) atoms. The SMILES string of the molecule is CCCNCc1cc(S(=O)(=O)NC(C)C(C)(C)C)c(Br)o1. The molecule has 0 amide bonds. The van der Waals surface area contributed by atoms with E-state index in [0.717, 1.165) is 13.0 Å². The van der Waals surface area contributed by atoms with Gasteiger partial charge in [0.1, 0.15) is 10.7 Å². The van der Waals surface area contributed by atoms with Gasteiger partial charge in [-0.3, -0.25) is 0 Å². The largest absolute Gasteiger partial charge is 0.452 e. The van der Waals surface area contributed by atoms with Crippen molar-refractivity contribution in [3.63, 3.8) is 0 Å². The van der Waals surface area contributed by atoms with Crippen molar-refractivity contribution in [1.29, 1.82) is 0 Å². The third-order valence-corrected chi connectivity index (χ3v) is 5.75. The molecule has 122 valence electrons. The van der Waals surface area contributed by atoms with Crippen LogP contribution in [0.25, 0.3) is 0 Å². The molecule has 1 aromatic heterocycles. The highest BCUT2D eigenvalue weighted by Crippen LogP contribution is 2.28. The summed E-state index contributed by atoms with van der Waals surface area (Å²) in [5.41, 5.74) is -0.158. The normalized spacial score (nSPS) is 14.4. The molecular formula is C14H25BrN2O3S. The number of hydrogen-bond donors (Lipinski definition) is 2. The van der Waals surface area contributed by atoms with Crippen molar-refractivity contribution in [3.8, 4) is 0 Å². The van der Waals surface area contributed by atoms with Crippen LogP contribution in [0.15, 0.2) is 20.0 Å². The van der Waals surface area contributed by atoms with Crippen LogP contribution < -0.4 is 10.0 Å². The summed E-state index contributed by atoms with van der Waals surface area (Å²) >= 11 is 3.19. The molecule has 5 nitrogen and oxygen atoms in total. The first-order chi connectivity index (χ1) is 9.58. The summed E-state index contributed by atoms with van der Waals surface area (Å²) in [6, 6.07) is 1.37. The van der Waals surface area contributed by atoms with Crippen molar-refractivity contribution in [3.05, 3.63) is 16.5 Å². The second-order valence-corrected chi connectivity index (χ2v) is 8.64. The van der Waals surface area contributed by atoms with E-state index in [9.17, 15) is 8.42 Å². The van der Waals surface area contributed by atoms with E-state index in [0.29, 0.717) is 12.3 Å². The summed E-state index contributed by atoms with van der Waals surface area (Å²) in [6.45, 7) is 11.3. The number of halogens is 1. The highest BCUT2D eigenvalue weighted by atomic mass is 79.9. The van der Waals surface area contributed by atoms with E-state index in [1.54, 1.807) is 6.07 Å². The summed E-state index contributed by atoms with van der Waals surface area (Å²) in [6.07, 6.45) is 1.01. The van der Waals surface area contributed by atoms with Gasteiger partial charge in [0.05, 0.1) is 6.54 Å². The monoisotopic (exact) mass is 380 g/mol. The Labute approximate surface area is 136 Å². The Bertz CT molecular complexity index is 561. The van der Waals surface area contributed by atoms with Crippen LogP contribution in [0, 0.1) is 5.41 Å². The van der Waals surface area contributed by atoms with E-state index in [-0.39, 0.29) is 21.0 Å². The Balaban J connectivity index is 2.88. The summed E-state index contributed by atoms with van der Waals surface area (Å²) in [5.74, 6) is 0.596. The van der Waals surface area contributed by atoms with Gasteiger partial charge < -0.3 is 9.73 Å². The Morgan fingerprint density at radius 3 is 2.52 bits per heavy atom. The molecule has 7 heteroatoms. The molecule has 0 aromatic carbocycles. The molecule has 1 heterocycles. The van der Waals surface area contributed by atoms with Gasteiger partial charge in [-0.2, -0.15) is 0 Å². The van der Waals surface area contributed by atoms with E-state index in [1.165, 1.54) is 0 Å². The smallest absolute Gasteiger partial charge is 0.245 e. The minimum Gasteiger partial charge on any atom is -0.452 e. The Morgan fingerprint density at radius 1 is 1.38 bits per heavy atom. The molecule has 0 saturated carbocycles. The van der Waals surface area contributed by atoms with Crippen LogP contribution in [0.3, 0.4) is 0 Å². The summed E-state index contributed by atoms with van der Waals surface area (Å²) in [4.78, 5) is 0.145. The maximum Gasteiger partial charge on any atom is 0.245 e. The quantitative estimate of drug-likeness (QED) is 0.712. The zero-order chi connectivity index (χ0) is 16.3. The Morgan fingerprint density at radius 2 is 2.00 bits per heavy atom. The molecule has 0 spiro atoms. The van der Waals surface area contributed by atoms with E-state index >= 15 is 0 Å². The van der Waals surface area contributed by atoms with Crippen molar-refractivity contribution >= 4 is 26.0 Å². The molecule has 0 bridgehead atoms. The highest BCUT2D eigenvalue weighted by molar-refractivity contribution is 9.10. The molecule has 0 fully saturated rings. The van der Waals surface area contributed by atoms with Gasteiger partial charge in [-0.1, -0.05) is 27.7 Å². The van der Waals surface area contributed by atoms with Gasteiger partial charge >= 0.3 is 0 Å². The maximum atomic E-state index is 12.4. The first-order valence-electron chi connectivity index (χ1n) is 7.09. The Kier molecular flexibility index (Phi) is 6.46. The fraction of sp³-hybridized carbons (Fsp3) is 0.714. The van der Waals surface area contributed by atoms with Crippen LogP contribution in [0.2, 0.25) is 0 Å². The Hall–Kier alpha value is -0.370. The van der Waals surface area contributed by atoms with Crippen LogP contribution in [0.5, 0.6) is 0 Å². The topological polar surface area (TPSA) is 71.3 Å². The summed E-state index contributed by atoms with van der Waals surface area (Å²) < 4.78 is 33.2. The molecule has 0 saturated heterocycles. The van der Waals surface area contributed by atoms with Gasteiger partial charge in [-0.15, -0.1) is 0 Å². The van der Waals surface area contributed by atoms with Gasteiger partial charge in [0.2, 0.25) is 10.0 Å². The lowest BCUT2D eigenvalue weighted by Crippen LogP contribution is -2.41. The van der Waals surface area contributed by atoms with Gasteiger partial charge in [0.15, 0.2) is 4.67 Å². The zero-order valence-electron chi connectivity index (χ0n) is 13.3. The average molecular weight is 381 g/mol. The maximum absolute atomic E-state index is 12.4. The molecule has 1 aromatic rings. The van der Waals surface area contributed by atoms with Gasteiger partial charge in [-0.25, -0.2) is 13.1 Å². The van der Waals surface area contributed by atoms with E-state index in [2.05, 4.69) is 32.9 Å². The van der Waals surface area contributed by atoms with Crippen LogP contribution in [-0.2, 0) is 16.6 Å². The van der Waals surface area contributed by atoms with Crippen LogP contribution in [0.4, 0.5) is 0 Å². The molecule has 0 aliphatic rings. The standard InChI is InChI=1S/C14H25BrN2O3S/c1-6-7-16-9-11-8-12(13(15)20-11)21(18,19)17-10(2)14(3,4)5/h8,10,16-17H,6-7,9H2,1-5H3. The van der Waals surface area contributed by atoms with Crippen LogP contribution >= 0.6 is 15.9 Å². The second-order valence-electron chi connectivity index (χ2n) is 6.24. The number of rotatable bonds is 7.